The highest BCUT2D eigenvalue weighted by atomic mass is 16.5. The lowest BCUT2D eigenvalue weighted by Crippen LogP contribution is -2.18. The maximum Gasteiger partial charge on any atom is 0.309 e. The van der Waals surface area contributed by atoms with Crippen molar-refractivity contribution >= 4 is 5.97 Å². The minimum absolute atomic E-state index is 0.0421. The van der Waals surface area contributed by atoms with Gasteiger partial charge >= 0.3 is 5.97 Å². The van der Waals surface area contributed by atoms with Crippen LogP contribution in [0.5, 0.6) is 0 Å². The molecule has 0 spiro atoms. The van der Waals surface area contributed by atoms with E-state index in [2.05, 4.69) is 9.72 Å². The predicted octanol–water partition coefficient (Wildman–Crippen LogP) is 1.16. The van der Waals surface area contributed by atoms with Crippen molar-refractivity contribution in [3.63, 3.8) is 0 Å². The highest BCUT2D eigenvalue weighted by molar-refractivity contribution is 5.74. The number of imidazole rings is 1. The van der Waals surface area contributed by atoms with Gasteiger partial charge in [0, 0.05) is 39.8 Å². The van der Waals surface area contributed by atoms with E-state index in [1.165, 1.54) is 0 Å². The third kappa shape index (κ3) is 1.89. The van der Waals surface area contributed by atoms with E-state index in [4.69, 9.17) is 20.6 Å². The number of cyclic esters (lactones) is 1. The molecule has 1 aromatic heterocycles. The molecule has 0 amide bonds. The Morgan fingerprint density at radius 2 is 3.00 bits per heavy atom. The lowest BCUT2D eigenvalue weighted by Gasteiger charge is -2.12. The van der Waals surface area contributed by atoms with Gasteiger partial charge in [0.2, 0.25) is 0 Å². The van der Waals surface area contributed by atoms with Crippen LogP contribution in [0.25, 0.3) is 0 Å². The molecule has 0 radical (unpaired) electrons. The summed E-state index contributed by atoms with van der Waals surface area (Å²) in [5.41, 5.74) is -1.25. The topological polar surface area (TPSA) is 44.1 Å². The minimum Gasteiger partial charge on any atom is -0.465 e. The molecule has 0 N–H and O–H groups in total. The Morgan fingerprint density at radius 1 is 2.07 bits per heavy atom. The summed E-state index contributed by atoms with van der Waals surface area (Å²) in [6.45, 7) is -10.5. The summed E-state index contributed by atoms with van der Waals surface area (Å²) in [7, 11) is 0. The van der Waals surface area contributed by atoms with Crippen LogP contribution in [0.2, 0.25) is 0 Å². The van der Waals surface area contributed by atoms with E-state index >= 15 is 0 Å². The molecule has 2 heterocycles. The Hall–Kier alpha value is -1.32. The van der Waals surface area contributed by atoms with Gasteiger partial charge in [0.05, 0.1) is 22.9 Å². The van der Waals surface area contributed by atoms with Crippen molar-refractivity contribution in [3.8, 4) is 0 Å². The first-order valence-electron chi connectivity index (χ1n) is 11.3. The number of nitrogens with zero attached hydrogens (tertiary/aromatic N) is 2. The van der Waals surface area contributed by atoms with Crippen molar-refractivity contribution in [2.24, 2.45) is 18.8 Å². The van der Waals surface area contributed by atoms with E-state index in [-0.39, 0.29) is 4.57 Å². The van der Waals surface area contributed by atoms with Crippen molar-refractivity contribution in [2.45, 2.75) is 19.6 Å². The monoisotopic (exact) mass is 223 g/mol. The molecule has 82 valence electrons. The number of ether oxygens (including phenoxy) is 1. The SMILES string of the molecule is [2H]c1nc([2H])n(C([2H])([2H])[2H])c1C([2H])([2H])[C@H]1C([2H])([2H])OC(=O)[C@@]1([2H])C([2H])([2H])C([2H])([2H])[2H]. The van der Waals surface area contributed by atoms with Crippen LogP contribution in [-0.4, -0.2) is 22.1 Å². The van der Waals surface area contributed by atoms with E-state index < -0.39 is 69.1 Å². The van der Waals surface area contributed by atoms with Crippen LogP contribution < -0.4 is 0 Å². The molecule has 0 saturated carbocycles. The fourth-order valence-electron chi connectivity index (χ4n) is 1.03. The van der Waals surface area contributed by atoms with E-state index in [9.17, 15) is 4.79 Å². The van der Waals surface area contributed by atoms with Crippen LogP contribution in [-0.2, 0) is 22.9 Å². The molecule has 15 heavy (non-hydrogen) atoms. The van der Waals surface area contributed by atoms with Crippen molar-refractivity contribution in [1.29, 1.82) is 0 Å². The van der Waals surface area contributed by atoms with Gasteiger partial charge in [-0.25, -0.2) is 4.98 Å². The zero-order valence-electron chi connectivity index (χ0n) is 22.3. The summed E-state index contributed by atoms with van der Waals surface area (Å²) in [4.78, 5) is 15.6. The average molecular weight is 223 g/mol. The van der Waals surface area contributed by atoms with Crippen molar-refractivity contribution in [3.05, 3.63) is 18.2 Å². The molecule has 4 heteroatoms. The number of hydrogen-bond donors (Lipinski definition) is 0. The van der Waals surface area contributed by atoms with E-state index in [1.54, 1.807) is 0 Å². The minimum atomic E-state index is -3.85. The van der Waals surface area contributed by atoms with Gasteiger partial charge in [-0.05, 0) is 12.7 Å². The molecule has 1 fully saturated rings. The van der Waals surface area contributed by atoms with Gasteiger partial charge in [0.1, 0.15) is 1.37 Å². The van der Waals surface area contributed by atoms with Crippen LogP contribution in [0.15, 0.2) is 12.5 Å². The lowest BCUT2D eigenvalue weighted by atomic mass is 9.89. The van der Waals surface area contributed by atoms with Crippen LogP contribution in [0.1, 0.15) is 39.5 Å². The number of hydrogen-bond acceptors (Lipinski definition) is 3. The molecule has 0 bridgehead atoms. The second-order valence-corrected chi connectivity index (χ2v) is 2.63. The van der Waals surface area contributed by atoms with E-state index in [1.807, 2.05) is 0 Å². The zero-order valence-corrected chi connectivity index (χ0v) is 7.29. The van der Waals surface area contributed by atoms with Gasteiger partial charge in [0.25, 0.3) is 0 Å². The highest BCUT2D eigenvalue weighted by Gasteiger charge is 2.35. The summed E-state index contributed by atoms with van der Waals surface area (Å²) < 4.78 is 120. The van der Waals surface area contributed by atoms with E-state index in [0.29, 0.717) is 0 Å². The molecule has 2 rings (SSSR count). The molecule has 1 aliphatic rings. The normalized spacial score (nSPS) is 52.1. The highest BCUT2D eigenvalue weighted by Crippen LogP contribution is 2.27. The Kier molecular flexibility index (Phi) is 0.673. The maximum absolute atomic E-state index is 12.3. The molecule has 1 aromatic rings. The summed E-state index contributed by atoms with van der Waals surface area (Å²) in [6.07, 6.45) is -9.67. The average Bonchev–Trinajstić information content (AvgIpc) is 2.88. The third-order valence-corrected chi connectivity index (χ3v) is 1.73. The van der Waals surface area contributed by atoms with Gasteiger partial charge < -0.3 is 9.30 Å². The Morgan fingerprint density at radius 3 is 3.80 bits per heavy atom. The Labute approximate surface area is 110 Å². The number of carbonyl (C=O) groups is 1. The summed E-state index contributed by atoms with van der Waals surface area (Å²) in [5, 5.41) is 0. The lowest BCUT2D eigenvalue weighted by molar-refractivity contribution is -0.141. The standard InChI is InChI=1S/C11H16N2O2/c1-3-10-8(6-15-11(10)14)4-9-5-12-7-13(9)2/h5,7-8,10H,3-4,6H2,1-2H3/t8-,10-/m0/s1/i1D3,2D3,3D2,4D2,5D,6D2,7D,10D. The molecule has 0 aliphatic carbocycles. The first-order valence-corrected chi connectivity index (χ1v) is 3.85. The van der Waals surface area contributed by atoms with Crippen molar-refractivity contribution in [2.75, 3.05) is 6.56 Å². The van der Waals surface area contributed by atoms with Crippen molar-refractivity contribution < 1.29 is 30.1 Å². The summed E-state index contributed by atoms with van der Waals surface area (Å²) in [5.74, 6) is -8.62. The zero-order chi connectivity index (χ0) is 23.9. The molecule has 4 nitrogen and oxygen atoms in total. The molecule has 0 aromatic carbocycles. The molecular formula is C11H16N2O2. The molecule has 1 saturated heterocycles. The van der Waals surface area contributed by atoms with Crippen LogP contribution in [0.3, 0.4) is 0 Å². The molecular weight excluding hydrogens is 192 g/mol. The van der Waals surface area contributed by atoms with Gasteiger partial charge in [0.15, 0.2) is 0 Å². The number of rotatable bonds is 3. The largest absolute Gasteiger partial charge is 0.465 e. The van der Waals surface area contributed by atoms with E-state index in [0.717, 1.165) is 0 Å². The van der Waals surface area contributed by atoms with Gasteiger partial charge in [-0.15, -0.1) is 0 Å². The number of aromatic nitrogens is 2. The van der Waals surface area contributed by atoms with Gasteiger partial charge in [-0.3, -0.25) is 4.79 Å². The summed E-state index contributed by atoms with van der Waals surface area (Å²) in [6, 6.07) is 0. The third-order valence-electron chi connectivity index (χ3n) is 1.73. The summed E-state index contributed by atoms with van der Waals surface area (Å²) >= 11 is 0. The predicted molar refractivity (Wildman–Crippen MR) is 55.1 cm³/mol. The van der Waals surface area contributed by atoms with Crippen LogP contribution in [0.4, 0.5) is 0 Å². The van der Waals surface area contributed by atoms with Crippen LogP contribution in [0, 0.1) is 11.8 Å². The molecule has 1 aliphatic heterocycles. The quantitative estimate of drug-likeness (QED) is 0.722. The van der Waals surface area contributed by atoms with Gasteiger partial charge in [-0.1, -0.05) is 6.85 Å². The fraction of sp³-hybridized carbons (Fsp3) is 0.636. The Bertz CT molecular complexity index is 869. The van der Waals surface area contributed by atoms with Gasteiger partial charge in [-0.2, -0.15) is 0 Å². The Balaban J connectivity index is 2.90. The first kappa shape index (κ1) is 2.50. The van der Waals surface area contributed by atoms with Crippen LogP contribution >= 0.6 is 0 Å². The second kappa shape index (κ2) is 4.04. The molecule has 2 atom stereocenters. The first-order chi connectivity index (χ1) is 13.0. The maximum atomic E-state index is 12.3. The van der Waals surface area contributed by atoms with Crippen molar-refractivity contribution in [1.82, 2.24) is 9.55 Å². The number of esters is 1. The smallest absolute Gasteiger partial charge is 0.309 e. The second-order valence-electron chi connectivity index (χ2n) is 2.63. The molecule has 0 unspecified atom stereocenters. The number of carbonyl (C=O) groups excluding carboxylic acids is 1. The fourth-order valence-corrected chi connectivity index (χ4v) is 1.03.